The summed E-state index contributed by atoms with van der Waals surface area (Å²) >= 11 is 0. The highest BCUT2D eigenvalue weighted by atomic mass is 16.5. The number of rotatable bonds is 2. The van der Waals surface area contributed by atoms with Crippen molar-refractivity contribution in [3.05, 3.63) is 24.2 Å². The van der Waals surface area contributed by atoms with E-state index in [0.717, 1.165) is 44.1 Å². The molecule has 3 rings (SSSR count). The lowest BCUT2D eigenvalue weighted by Crippen LogP contribution is -2.37. The van der Waals surface area contributed by atoms with Crippen molar-refractivity contribution in [3.8, 4) is 0 Å². The number of hydrogen-bond donors (Lipinski definition) is 0. The van der Waals surface area contributed by atoms with Crippen molar-refractivity contribution in [2.45, 2.75) is 27.2 Å². The second-order valence-electron chi connectivity index (χ2n) is 4.21. The van der Waals surface area contributed by atoms with Gasteiger partial charge in [-0.05, 0) is 18.1 Å². The third-order valence-corrected chi connectivity index (χ3v) is 3.16. The van der Waals surface area contributed by atoms with Crippen LogP contribution >= 0.6 is 0 Å². The van der Waals surface area contributed by atoms with Crippen LogP contribution in [-0.4, -0.2) is 40.9 Å². The minimum atomic E-state index is 0.775. The van der Waals surface area contributed by atoms with Crippen LogP contribution in [0.1, 0.15) is 26.3 Å². The van der Waals surface area contributed by atoms with E-state index in [1.807, 2.05) is 18.4 Å². The predicted octanol–water partition coefficient (Wildman–Crippen LogP) is 2.15. The summed E-state index contributed by atoms with van der Waals surface area (Å²) in [5.74, 6) is 1.02. The van der Waals surface area contributed by atoms with Crippen LogP contribution < -0.4 is 4.90 Å². The minimum Gasteiger partial charge on any atom is -0.378 e. The van der Waals surface area contributed by atoms with Crippen molar-refractivity contribution < 1.29 is 4.74 Å². The molecule has 104 valence electrons. The van der Waals surface area contributed by atoms with E-state index in [-0.39, 0.29) is 0 Å². The number of aromatic nitrogens is 3. The van der Waals surface area contributed by atoms with E-state index < -0.39 is 0 Å². The van der Waals surface area contributed by atoms with Gasteiger partial charge in [0.05, 0.1) is 13.2 Å². The molecule has 0 radical (unpaired) electrons. The number of aryl methyl sites for hydroxylation is 1. The fourth-order valence-electron chi connectivity index (χ4n) is 2.18. The van der Waals surface area contributed by atoms with E-state index >= 15 is 0 Å². The Morgan fingerprint density at radius 3 is 2.68 bits per heavy atom. The summed E-state index contributed by atoms with van der Waals surface area (Å²) < 4.78 is 7.28. The molecule has 1 fully saturated rings. The van der Waals surface area contributed by atoms with Gasteiger partial charge < -0.3 is 9.64 Å². The van der Waals surface area contributed by atoms with Crippen molar-refractivity contribution in [3.63, 3.8) is 0 Å². The highest BCUT2D eigenvalue weighted by molar-refractivity contribution is 5.69. The molecule has 0 aromatic carbocycles. The van der Waals surface area contributed by atoms with E-state index in [9.17, 15) is 0 Å². The molecule has 0 saturated carbocycles. The van der Waals surface area contributed by atoms with Crippen LogP contribution in [0.5, 0.6) is 0 Å². The predicted molar refractivity (Wildman–Crippen MR) is 76.7 cm³/mol. The molecule has 0 spiro atoms. The lowest BCUT2D eigenvalue weighted by atomic mass is 10.2. The largest absolute Gasteiger partial charge is 0.378 e. The van der Waals surface area contributed by atoms with Gasteiger partial charge in [0, 0.05) is 19.3 Å². The van der Waals surface area contributed by atoms with Crippen molar-refractivity contribution in [1.82, 2.24) is 14.6 Å². The average molecular weight is 262 g/mol. The van der Waals surface area contributed by atoms with Gasteiger partial charge in [-0.25, -0.2) is 9.50 Å². The van der Waals surface area contributed by atoms with E-state index in [4.69, 9.17) is 4.74 Å². The van der Waals surface area contributed by atoms with Gasteiger partial charge in [0.25, 0.3) is 0 Å². The SMILES string of the molecule is CC.CCc1cc2c(N3CCOCC3)ncnn2c1. The number of hydrogen-bond acceptors (Lipinski definition) is 4. The van der Waals surface area contributed by atoms with Crippen LogP contribution in [0.4, 0.5) is 5.82 Å². The average Bonchev–Trinajstić information content (AvgIpc) is 2.93. The quantitative estimate of drug-likeness (QED) is 0.831. The Labute approximate surface area is 114 Å². The molecule has 1 aliphatic rings. The zero-order valence-electron chi connectivity index (χ0n) is 12.0. The van der Waals surface area contributed by atoms with E-state index in [0.29, 0.717) is 0 Å². The molecular weight excluding hydrogens is 240 g/mol. The second kappa shape index (κ2) is 6.52. The Hall–Kier alpha value is -1.62. The van der Waals surface area contributed by atoms with Gasteiger partial charge in [0.15, 0.2) is 5.82 Å². The fourth-order valence-corrected chi connectivity index (χ4v) is 2.18. The molecule has 2 aromatic heterocycles. The minimum absolute atomic E-state index is 0.775. The topological polar surface area (TPSA) is 42.7 Å². The maximum absolute atomic E-state index is 5.37. The monoisotopic (exact) mass is 262 g/mol. The molecule has 0 aliphatic carbocycles. The second-order valence-corrected chi connectivity index (χ2v) is 4.21. The van der Waals surface area contributed by atoms with Crippen LogP contribution in [0.3, 0.4) is 0 Å². The molecular formula is C14H22N4O. The molecule has 2 aromatic rings. The molecule has 0 N–H and O–H groups in total. The molecule has 5 nitrogen and oxygen atoms in total. The zero-order chi connectivity index (χ0) is 13.7. The molecule has 0 atom stereocenters. The summed E-state index contributed by atoms with van der Waals surface area (Å²) in [5.41, 5.74) is 2.38. The summed E-state index contributed by atoms with van der Waals surface area (Å²) in [6, 6.07) is 2.17. The summed E-state index contributed by atoms with van der Waals surface area (Å²) in [6.45, 7) is 9.50. The summed E-state index contributed by atoms with van der Waals surface area (Å²) in [6.07, 6.45) is 4.71. The lowest BCUT2D eigenvalue weighted by Gasteiger charge is -2.27. The highest BCUT2D eigenvalue weighted by Gasteiger charge is 2.16. The first-order chi connectivity index (χ1) is 9.38. The molecule has 0 amide bonds. The van der Waals surface area contributed by atoms with Crippen molar-refractivity contribution in [2.75, 3.05) is 31.2 Å². The van der Waals surface area contributed by atoms with Gasteiger partial charge in [0.2, 0.25) is 0 Å². The van der Waals surface area contributed by atoms with Crippen molar-refractivity contribution in [2.24, 2.45) is 0 Å². The van der Waals surface area contributed by atoms with Crippen molar-refractivity contribution in [1.29, 1.82) is 0 Å². The summed E-state index contributed by atoms with van der Waals surface area (Å²) in [4.78, 5) is 6.68. The Balaban J connectivity index is 0.000000637. The summed E-state index contributed by atoms with van der Waals surface area (Å²) in [5, 5.41) is 4.25. The molecule has 0 bridgehead atoms. The molecule has 19 heavy (non-hydrogen) atoms. The molecule has 0 unspecified atom stereocenters. The maximum Gasteiger partial charge on any atom is 0.156 e. The highest BCUT2D eigenvalue weighted by Crippen LogP contribution is 2.21. The standard InChI is InChI=1S/C12H16N4O.C2H6/c1-2-10-7-11-12(13-9-14-16(11)8-10)15-3-5-17-6-4-15;1-2/h7-9H,2-6H2,1H3;1-2H3. The Kier molecular flexibility index (Phi) is 4.74. The van der Waals surface area contributed by atoms with Crippen LogP contribution in [0.25, 0.3) is 5.52 Å². The third kappa shape index (κ3) is 2.87. The first kappa shape index (κ1) is 13.8. The first-order valence-corrected chi connectivity index (χ1v) is 7.03. The fraction of sp³-hybridized carbons (Fsp3) is 0.571. The van der Waals surface area contributed by atoms with Gasteiger partial charge in [0.1, 0.15) is 11.8 Å². The molecule has 1 saturated heterocycles. The van der Waals surface area contributed by atoms with Crippen LogP contribution in [0.2, 0.25) is 0 Å². The van der Waals surface area contributed by atoms with Gasteiger partial charge >= 0.3 is 0 Å². The van der Waals surface area contributed by atoms with E-state index in [1.165, 1.54) is 5.56 Å². The number of nitrogens with zero attached hydrogens (tertiary/aromatic N) is 4. The molecule has 1 aliphatic heterocycles. The van der Waals surface area contributed by atoms with E-state index in [1.54, 1.807) is 6.33 Å². The smallest absolute Gasteiger partial charge is 0.156 e. The molecule has 3 heterocycles. The third-order valence-electron chi connectivity index (χ3n) is 3.16. The van der Waals surface area contributed by atoms with E-state index in [2.05, 4.69) is 34.2 Å². The van der Waals surface area contributed by atoms with Crippen molar-refractivity contribution >= 4 is 11.3 Å². The normalized spacial score (nSPS) is 15.2. The van der Waals surface area contributed by atoms with Gasteiger partial charge in [-0.1, -0.05) is 20.8 Å². The van der Waals surface area contributed by atoms with Gasteiger partial charge in [-0.15, -0.1) is 0 Å². The van der Waals surface area contributed by atoms with Crippen LogP contribution in [-0.2, 0) is 11.2 Å². The number of ether oxygens (including phenoxy) is 1. The number of anilines is 1. The lowest BCUT2D eigenvalue weighted by molar-refractivity contribution is 0.122. The molecule has 5 heteroatoms. The van der Waals surface area contributed by atoms with Crippen LogP contribution in [0.15, 0.2) is 18.6 Å². The summed E-state index contributed by atoms with van der Waals surface area (Å²) in [7, 11) is 0. The Bertz CT molecular complexity index is 517. The number of morpholine rings is 1. The Morgan fingerprint density at radius 1 is 1.26 bits per heavy atom. The first-order valence-electron chi connectivity index (χ1n) is 7.03. The zero-order valence-corrected chi connectivity index (χ0v) is 12.0. The van der Waals surface area contributed by atoms with Gasteiger partial charge in [-0.3, -0.25) is 0 Å². The van der Waals surface area contributed by atoms with Crippen LogP contribution in [0, 0.1) is 0 Å². The van der Waals surface area contributed by atoms with Gasteiger partial charge in [-0.2, -0.15) is 5.10 Å². The Morgan fingerprint density at radius 2 is 2.00 bits per heavy atom. The maximum atomic E-state index is 5.37. The number of fused-ring (bicyclic) bond motifs is 1.